The lowest BCUT2D eigenvalue weighted by Gasteiger charge is -2.16. The van der Waals surface area contributed by atoms with Crippen molar-refractivity contribution in [1.29, 1.82) is 5.41 Å². The Bertz CT molecular complexity index is 167. The van der Waals surface area contributed by atoms with E-state index in [-0.39, 0.29) is 5.96 Å². The van der Waals surface area contributed by atoms with Crippen molar-refractivity contribution in [3.05, 3.63) is 0 Å². The molecule has 0 amide bonds. The molecule has 0 aliphatic rings. The molecule has 0 aliphatic carbocycles. The normalized spacial score (nSPS) is 10.3. The van der Waals surface area contributed by atoms with E-state index in [0.717, 1.165) is 0 Å². The van der Waals surface area contributed by atoms with E-state index >= 15 is 0 Å². The van der Waals surface area contributed by atoms with Crippen molar-refractivity contribution in [2.24, 2.45) is 5.73 Å². The van der Waals surface area contributed by atoms with Crippen LogP contribution in [-0.2, 0) is 14.2 Å². The van der Waals surface area contributed by atoms with Crippen LogP contribution in [-0.4, -0.2) is 64.6 Å². The number of nitrogens with zero attached hydrogens (tertiary/aromatic N) is 1. The van der Waals surface area contributed by atoms with Crippen molar-refractivity contribution in [3.8, 4) is 0 Å². The molecule has 0 aromatic heterocycles. The van der Waals surface area contributed by atoms with Gasteiger partial charge < -0.3 is 24.8 Å². The maximum atomic E-state index is 7.10. The molecular weight excluding hydrogens is 198 g/mol. The maximum absolute atomic E-state index is 7.10. The number of rotatable bonds is 9. The van der Waals surface area contributed by atoms with Gasteiger partial charge in [-0.3, -0.25) is 5.41 Å². The molecule has 0 heterocycles. The molecule has 6 nitrogen and oxygen atoms in total. The smallest absolute Gasteiger partial charge is 0.188 e. The van der Waals surface area contributed by atoms with E-state index in [0.29, 0.717) is 39.6 Å². The number of hydrogen-bond acceptors (Lipinski definition) is 4. The van der Waals surface area contributed by atoms with Gasteiger partial charge in [0.25, 0.3) is 0 Å². The highest BCUT2D eigenvalue weighted by Crippen LogP contribution is 1.83. The molecule has 0 aromatic rings. The second-order valence-electron chi connectivity index (χ2n) is 3.02. The van der Waals surface area contributed by atoms with E-state index in [1.165, 1.54) is 0 Å². The number of hydrogen-bond donors (Lipinski definition) is 2. The Morgan fingerprint density at radius 3 is 2.20 bits per heavy atom. The Balaban J connectivity index is 3.08. The molecule has 90 valence electrons. The molecule has 0 rings (SSSR count). The number of methoxy groups -OCH3 is 1. The average molecular weight is 219 g/mol. The maximum Gasteiger partial charge on any atom is 0.188 e. The summed E-state index contributed by atoms with van der Waals surface area (Å²) in [6.07, 6.45) is 0. The van der Waals surface area contributed by atoms with E-state index in [9.17, 15) is 0 Å². The second-order valence-corrected chi connectivity index (χ2v) is 3.02. The van der Waals surface area contributed by atoms with E-state index in [2.05, 4.69) is 0 Å². The molecule has 0 aromatic carbocycles. The molecule has 0 aliphatic heterocycles. The van der Waals surface area contributed by atoms with E-state index in [1.54, 1.807) is 19.1 Å². The van der Waals surface area contributed by atoms with Crippen LogP contribution in [0.4, 0.5) is 0 Å². The number of nitrogens with one attached hydrogen (secondary N) is 1. The van der Waals surface area contributed by atoms with Crippen molar-refractivity contribution < 1.29 is 14.2 Å². The highest BCUT2D eigenvalue weighted by molar-refractivity contribution is 5.74. The van der Waals surface area contributed by atoms with Crippen LogP contribution in [0.1, 0.15) is 0 Å². The summed E-state index contributed by atoms with van der Waals surface area (Å²) in [7, 11) is 3.39. The molecular formula is C9H21N3O3. The van der Waals surface area contributed by atoms with Crippen LogP contribution in [0.25, 0.3) is 0 Å². The number of likely N-dealkylation sites (N-methyl/N-ethyl adjacent to an activating group) is 1. The summed E-state index contributed by atoms with van der Waals surface area (Å²) in [4.78, 5) is 1.62. The summed E-state index contributed by atoms with van der Waals surface area (Å²) in [5.74, 6) is 0.0509. The van der Waals surface area contributed by atoms with Crippen molar-refractivity contribution >= 4 is 5.96 Å². The first-order chi connectivity index (χ1) is 7.18. The molecule has 0 radical (unpaired) electrons. The topological polar surface area (TPSA) is 80.8 Å². The molecule has 0 bridgehead atoms. The fraction of sp³-hybridized carbons (Fsp3) is 0.889. The van der Waals surface area contributed by atoms with Gasteiger partial charge in [-0.15, -0.1) is 0 Å². The van der Waals surface area contributed by atoms with Crippen LogP contribution in [0, 0.1) is 5.41 Å². The molecule has 3 N–H and O–H groups in total. The summed E-state index contributed by atoms with van der Waals surface area (Å²) in [5.41, 5.74) is 5.25. The Morgan fingerprint density at radius 1 is 1.13 bits per heavy atom. The van der Waals surface area contributed by atoms with Gasteiger partial charge in [-0.05, 0) is 0 Å². The molecule has 0 atom stereocenters. The number of nitrogens with two attached hydrogens (primary N) is 1. The standard InChI is InChI=1S/C9H21N3O3/c1-12(9(10)11)3-4-14-7-8-15-6-5-13-2/h3-8H2,1-2H3,(H3,10,11). The summed E-state index contributed by atoms with van der Waals surface area (Å²) in [6, 6.07) is 0. The van der Waals surface area contributed by atoms with Gasteiger partial charge in [-0.25, -0.2) is 0 Å². The molecule has 0 fully saturated rings. The van der Waals surface area contributed by atoms with E-state index < -0.39 is 0 Å². The quantitative estimate of drug-likeness (QED) is 0.310. The van der Waals surface area contributed by atoms with Crippen LogP contribution < -0.4 is 5.73 Å². The minimum atomic E-state index is 0.0509. The Kier molecular flexibility index (Phi) is 9.15. The zero-order valence-corrected chi connectivity index (χ0v) is 9.49. The Morgan fingerprint density at radius 2 is 1.67 bits per heavy atom. The molecule has 0 saturated carbocycles. The van der Waals surface area contributed by atoms with Gasteiger partial charge in [0.1, 0.15) is 0 Å². The number of guanidine groups is 1. The van der Waals surface area contributed by atoms with E-state index in [4.69, 9.17) is 25.4 Å². The highest BCUT2D eigenvalue weighted by Gasteiger charge is 1.98. The molecule has 15 heavy (non-hydrogen) atoms. The molecule has 0 spiro atoms. The van der Waals surface area contributed by atoms with Crippen molar-refractivity contribution in [2.45, 2.75) is 0 Å². The Hall–Kier alpha value is -0.850. The SMILES string of the molecule is COCCOCCOCCN(C)C(=N)N. The minimum absolute atomic E-state index is 0.0509. The summed E-state index contributed by atoms with van der Waals surface area (Å²) < 4.78 is 15.3. The zero-order chi connectivity index (χ0) is 11.5. The summed E-state index contributed by atoms with van der Waals surface area (Å²) in [6.45, 7) is 3.47. The van der Waals surface area contributed by atoms with Gasteiger partial charge in [-0.2, -0.15) is 0 Å². The predicted octanol–water partition coefficient (Wildman–Crippen LogP) is -0.509. The van der Waals surface area contributed by atoms with E-state index in [1.807, 2.05) is 0 Å². The first-order valence-corrected chi connectivity index (χ1v) is 4.88. The third-order valence-electron chi connectivity index (χ3n) is 1.79. The van der Waals surface area contributed by atoms with Crippen molar-refractivity contribution in [2.75, 3.05) is 53.7 Å². The lowest BCUT2D eigenvalue weighted by atomic mass is 10.6. The highest BCUT2D eigenvalue weighted by atomic mass is 16.5. The molecule has 0 saturated heterocycles. The Labute approximate surface area is 90.8 Å². The predicted molar refractivity (Wildman–Crippen MR) is 58.1 cm³/mol. The second kappa shape index (κ2) is 9.70. The van der Waals surface area contributed by atoms with Crippen molar-refractivity contribution in [1.82, 2.24) is 4.90 Å². The van der Waals surface area contributed by atoms with Gasteiger partial charge >= 0.3 is 0 Å². The van der Waals surface area contributed by atoms with Crippen LogP contribution in [0.15, 0.2) is 0 Å². The fourth-order valence-corrected chi connectivity index (χ4v) is 0.786. The summed E-state index contributed by atoms with van der Waals surface area (Å²) in [5, 5.41) is 7.10. The van der Waals surface area contributed by atoms with Crippen LogP contribution in [0.2, 0.25) is 0 Å². The molecule has 6 heteroatoms. The third kappa shape index (κ3) is 9.45. The monoisotopic (exact) mass is 219 g/mol. The van der Waals surface area contributed by atoms with Crippen LogP contribution >= 0.6 is 0 Å². The first kappa shape index (κ1) is 14.2. The minimum Gasteiger partial charge on any atom is -0.382 e. The number of ether oxygens (including phenoxy) is 3. The zero-order valence-electron chi connectivity index (χ0n) is 9.49. The van der Waals surface area contributed by atoms with Crippen LogP contribution in [0.3, 0.4) is 0 Å². The third-order valence-corrected chi connectivity index (χ3v) is 1.79. The lowest BCUT2D eigenvalue weighted by molar-refractivity contribution is 0.0232. The van der Waals surface area contributed by atoms with Crippen LogP contribution in [0.5, 0.6) is 0 Å². The van der Waals surface area contributed by atoms with Crippen molar-refractivity contribution in [3.63, 3.8) is 0 Å². The molecule has 0 unspecified atom stereocenters. The van der Waals surface area contributed by atoms with Gasteiger partial charge in [0.15, 0.2) is 5.96 Å². The first-order valence-electron chi connectivity index (χ1n) is 4.88. The lowest BCUT2D eigenvalue weighted by Crippen LogP contribution is -2.35. The largest absolute Gasteiger partial charge is 0.382 e. The van der Waals surface area contributed by atoms with Gasteiger partial charge in [-0.1, -0.05) is 0 Å². The van der Waals surface area contributed by atoms with Gasteiger partial charge in [0, 0.05) is 20.7 Å². The fourth-order valence-electron chi connectivity index (χ4n) is 0.786. The average Bonchev–Trinajstić information content (AvgIpc) is 2.21. The van der Waals surface area contributed by atoms with Gasteiger partial charge in [0.05, 0.1) is 33.0 Å². The van der Waals surface area contributed by atoms with Gasteiger partial charge in [0.2, 0.25) is 0 Å². The summed E-state index contributed by atoms with van der Waals surface area (Å²) >= 11 is 0.